The lowest BCUT2D eigenvalue weighted by atomic mass is 9.75. The molecule has 0 aliphatic heterocycles. The van der Waals surface area contributed by atoms with Gasteiger partial charge in [0.15, 0.2) is 0 Å². The van der Waals surface area contributed by atoms with Gasteiger partial charge in [-0.2, -0.15) is 5.26 Å². The van der Waals surface area contributed by atoms with Crippen LogP contribution in [0.1, 0.15) is 44.1 Å². The molecule has 0 saturated heterocycles. The number of benzene rings is 1. The summed E-state index contributed by atoms with van der Waals surface area (Å²) in [6.07, 6.45) is 3.88. The zero-order valence-electron chi connectivity index (χ0n) is 10.7. The quantitative estimate of drug-likeness (QED) is 0.874. The van der Waals surface area contributed by atoms with E-state index in [1.54, 1.807) is 0 Å². The lowest BCUT2D eigenvalue weighted by molar-refractivity contribution is 0.262. The zero-order valence-corrected chi connectivity index (χ0v) is 11.5. The Hall–Kier alpha value is -1.04. The minimum absolute atomic E-state index is 0.340. The van der Waals surface area contributed by atoms with Gasteiger partial charge in [0.1, 0.15) is 0 Å². The summed E-state index contributed by atoms with van der Waals surface area (Å²) in [5.74, 6) is 0.579. The summed E-state index contributed by atoms with van der Waals surface area (Å²) < 4.78 is 0. The first-order valence-electron chi connectivity index (χ1n) is 6.62. The van der Waals surface area contributed by atoms with Crippen molar-refractivity contribution < 1.29 is 0 Å². The highest BCUT2D eigenvalue weighted by Gasteiger charge is 2.32. The molecule has 1 fully saturated rings. The van der Waals surface area contributed by atoms with Crippen molar-refractivity contribution in [2.45, 2.75) is 50.6 Å². The Morgan fingerprint density at radius 2 is 2.17 bits per heavy atom. The van der Waals surface area contributed by atoms with Crippen LogP contribution in [0.4, 0.5) is 0 Å². The molecule has 1 unspecified atom stereocenters. The molecule has 1 aliphatic rings. The van der Waals surface area contributed by atoms with Crippen molar-refractivity contribution in [2.75, 3.05) is 0 Å². The fourth-order valence-corrected chi connectivity index (χ4v) is 2.87. The Balaban J connectivity index is 1.84. The maximum absolute atomic E-state index is 8.73. The molecule has 3 heteroatoms. The number of rotatable bonds is 5. The van der Waals surface area contributed by atoms with Gasteiger partial charge in [-0.1, -0.05) is 36.7 Å². The van der Waals surface area contributed by atoms with Crippen molar-refractivity contribution in [1.82, 2.24) is 5.32 Å². The lowest BCUT2D eigenvalue weighted by Gasteiger charge is -2.38. The number of halogens is 1. The third-order valence-electron chi connectivity index (χ3n) is 3.79. The fraction of sp³-hybridized carbons (Fsp3) is 0.533. The summed E-state index contributed by atoms with van der Waals surface area (Å²) in [7, 11) is 0. The van der Waals surface area contributed by atoms with Crippen molar-refractivity contribution >= 4 is 11.6 Å². The summed E-state index contributed by atoms with van der Waals surface area (Å²) in [4.78, 5) is 0. The smallest absolute Gasteiger partial charge is 0.0638 e. The van der Waals surface area contributed by atoms with Crippen LogP contribution in [0.15, 0.2) is 24.3 Å². The first kappa shape index (κ1) is 13.4. The molecule has 18 heavy (non-hydrogen) atoms. The normalized spacial score (nSPS) is 24.1. The van der Waals surface area contributed by atoms with Gasteiger partial charge in [0.05, 0.1) is 12.5 Å². The van der Waals surface area contributed by atoms with E-state index in [-0.39, 0.29) is 0 Å². The Bertz CT molecular complexity index is 432. The molecular weight excluding hydrogens is 244 g/mol. The monoisotopic (exact) mass is 262 g/mol. The molecule has 2 rings (SSSR count). The first-order valence-corrected chi connectivity index (χ1v) is 6.99. The molecule has 1 aromatic rings. The highest BCUT2D eigenvalue weighted by atomic mass is 35.5. The molecule has 2 nitrogen and oxygen atoms in total. The third-order valence-corrected chi connectivity index (χ3v) is 4.13. The first-order chi connectivity index (χ1) is 8.74. The largest absolute Gasteiger partial charge is 0.310 e. The van der Waals surface area contributed by atoms with Crippen molar-refractivity contribution in [1.29, 1.82) is 5.26 Å². The predicted molar refractivity (Wildman–Crippen MR) is 74.7 cm³/mol. The van der Waals surface area contributed by atoms with Crippen molar-refractivity contribution in [3.63, 3.8) is 0 Å². The molecule has 0 radical (unpaired) electrons. The number of nitrogens with zero attached hydrogens (tertiary/aromatic N) is 1. The van der Waals surface area contributed by atoms with Crippen molar-refractivity contribution in [3.8, 4) is 6.07 Å². The maximum atomic E-state index is 8.73. The minimum Gasteiger partial charge on any atom is -0.310 e. The Morgan fingerprint density at radius 3 is 2.78 bits per heavy atom. The molecule has 1 N–H and O–H groups in total. The second kappa shape index (κ2) is 6.22. The van der Waals surface area contributed by atoms with Crippen LogP contribution >= 0.6 is 11.6 Å². The summed E-state index contributed by atoms with van der Waals surface area (Å²) in [6, 6.07) is 11.2. The predicted octanol–water partition coefficient (Wildman–Crippen LogP) is 3.87. The van der Waals surface area contributed by atoms with Crippen molar-refractivity contribution in [2.24, 2.45) is 0 Å². The maximum Gasteiger partial charge on any atom is 0.0638 e. The molecule has 1 saturated carbocycles. The molecule has 0 amide bonds. The molecule has 0 heterocycles. The number of hydrogen-bond acceptors (Lipinski definition) is 2. The van der Waals surface area contributed by atoms with Crippen LogP contribution in [0.5, 0.6) is 0 Å². The van der Waals surface area contributed by atoms with Gasteiger partial charge in [-0.25, -0.2) is 0 Å². The highest BCUT2D eigenvalue weighted by molar-refractivity contribution is 6.31. The van der Waals surface area contributed by atoms with E-state index < -0.39 is 0 Å². The standard InChI is InChI=1S/C15H19ClN2/c1-2-12(7-8-17)18-13-9-11(10-13)14-5-3-4-6-15(14)16/h3-6,11-13,18H,2,7,9-10H2,1H3. The van der Waals surface area contributed by atoms with Crippen LogP contribution < -0.4 is 5.32 Å². The van der Waals surface area contributed by atoms with E-state index in [0.717, 1.165) is 24.3 Å². The third kappa shape index (κ3) is 3.04. The average Bonchev–Trinajstić information content (AvgIpc) is 2.33. The SMILES string of the molecule is CCC(CC#N)NC1CC(c2ccccc2Cl)C1. The number of hydrogen-bond donors (Lipinski definition) is 1. The zero-order chi connectivity index (χ0) is 13.0. The lowest BCUT2D eigenvalue weighted by Crippen LogP contribution is -2.45. The minimum atomic E-state index is 0.340. The number of nitriles is 1. The second-order valence-electron chi connectivity index (χ2n) is 5.02. The highest BCUT2D eigenvalue weighted by Crippen LogP contribution is 2.40. The van der Waals surface area contributed by atoms with E-state index in [1.807, 2.05) is 18.2 Å². The average molecular weight is 263 g/mol. The topological polar surface area (TPSA) is 35.8 Å². The van der Waals surface area contributed by atoms with Crippen LogP contribution in [-0.4, -0.2) is 12.1 Å². The molecular formula is C15H19ClN2. The fourth-order valence-electron chi connectivity index (χ4n) is 2.58. The molecule has 1 aliphatic carbocycles. The van der Waals surface area contributed by atoms with Gasteiger partial charge in [0.25, 0.3) is 0 Å². The van der Waals surface area contributed by atoms with Gasteiger partial charge in [0, 0.05) is 17.1 Å². The van der Waals surface area contributed by atoms with Gasteiger partial charge in [0.2, 0.25) is 0 Å². The Kier molecular flexibility index (Phi) is 4.63. The summed E-state index contributed by atoms with van der Waals surface area (Å²) >= 11 is 6.20. The number of nitrogens with one attached hydrogen (secondary N) is 1. The second-order valence-corrected chi connectivity index (χ2v) is 5.43. The van der Waals surface area contributed by atoms with Gasteiger partial charge in [-0.15, -0.1) is 0 Å². The molecule has 96 valence electrons. The van der Waals surface area contributed by atoms with Crippen LogP contribution in [0.3, 0.4) is 0 Å². The van der Waals surface area contributed by atoms with Crippen LogP contribution in [-0.2, 0) is 0 Å². The van der Waals surface area contributed by atoms with E-state index in [1.165, 1.54) is 5.56 Å². The van der Waals surface area contributed by atoms with Crippen LogP contribution in [0.25, 0.3) is 0 Å². The molecule has 0 aromatic heterocycles. The van der Waals surface area contributed by atoms with E-state index >= 15 is 0 Å². The molecule has 0 bridgehead atoms. The molecule has 1 atom stereocenters. The Morgan fingerprint density at radius 1 is 1.44 bits per heavy atom. The summed E-state index contributed by atoms with van der Waals surface area (Å²) in [5, 5.41) is 13.2. The van der Waals surface area contributed by atoms with Crippen molar-refractivity contribution in [3.05, 3.63) is 34.9 Å². The summed E-state index contributed by atoms with van der Waals surface area (Å²) in [5.41, 5.74) is 1.27. The van der Waals surface area contributed by atoms with Gasteiger partial charge in [-0.3, -0.25) is 0 Å². The van der Waals surface area contributed by atoms with Gasteiger partial charge in [-0.05, 0) is 36.8 Å². The molecule has 0 spiro atoms. The van der Waals surface area contributed by atoms with Gasteiger partial charge < -0.3 is 5.32 Å². The summed E-state index contributed by atoms with van der Waals surface area (Å²) in [6.45, 7) is 2.12. The molecule has 1 aromatic carbocycles. The Labute approximate surface area is 114 Å². The van der Waals surface area contributed by atoms with Crippen LogP contribution in [0.2, 0.25) is 5.02 Å². The van der Waals surface area contributed by atoms with E-state index in [9.17, 15) is 0 Å². The van der Waals surface area contributed by atoms with Crippen LogP contribution in [0, 0.1) is 11.3 Å². The van der Waals surface area contributed by atoms with E-state index in [0.29, 0.717) is 24.4 Å². The van der Waals surface area contributed by atoms with Gasteiger partial charge >= 0.3 is 0 Å². The van der Waals surface area contributed by atoms with E-state index in [4.69, 9.17) is 16.9 Å². The van der Waals surface area contributed by atoms with E-state index in [2.05, 4.69) is 24.4 Å².